The Balaban J connectivity index is 1.46. The summed E-state index contributed by atoms with van der Waals surface area (Å²) >= 11 is 0. The first-order valence-corrected chi connectivity index (χ1v) is 13.9. The number of anilines is 1. The first kappa shape index (κ1) is 24.1. The summed E-state index contributed by atoms with van der Waals surface area (Å²) in [6, 6.07) is 26.9. The maximum atomic E-state index is 15.0. The van der Waals surface area contributed by atoms with Crippen LogP contribution in [0.1, 0.15) is 48.4 Å². The van der Waals surface area contributed by atoms with Crippen molar-refractivity contribution >= 4 is 23.6 Å². The Hall–Kier alpha value is -3.97. The van der Waals surface area contributed by atoms with Gasteiger partial charge in [0.2, 0.25) is 5.91 Å². The summed E-state index contributed by atoms with van der Waals surface area (Å²) in [5.41, 5.74) is 2.40. The van der Waals surface area contributed by atoms with E-state index in [9.17, 15) is 14.4 Å². The zero-order valence-corrected chi connectivity index (χ0v) is 21.9. The lowest BCUT2D eigenvalue weighted by Gasteiger charge is -2.39. The molecule has 4 aliphatic heterocycles. The van der Waals surface area contributed by atoms with Crippen molar-refractivity contribution < 1.29 is 19.1 Å². The van der Waals surface area contributed by atoms with Crippen molar-refractivity contribution in [2.24, 2.45) is 5.92 Å². The smallest absolute Gasteiger partial charge is 0.417 e. The van der Waals surface area contributed by atoms with Crippen LogP contribution < -0.4 is 4.90 Å². The van der Waals surface area contributed by atoms with Crippen LogP contribution >= 0.6 is 0 Å². The van der Waals surface area contributed by atoms with Gasteiger partial charge in [0.1, 0.15) is 18.2 Å². The van der Waals surface area contributed by atoms with Crippen LogP contribution in [-0.4, -0.2) is 53.4 Å². The summed E-state index contributed by atoms with van der Waals surface area (Å²) < 4.78 is 5.50. The van der Waals surface area contributed by atoms with Gasteiger partial charge >= 0.3 is 6.09 Å². The van der Waals surface area contributed by atoms with Crippen LogP contribution in [0.5, 0.6) is 0 Å². The van der Waals surface area contributed by atoms with Gasteiger partial charge < -0.3 is 9.64 Å². The molecule has 3 aromatic rings. The molecule has 0 unspecified atom stereocenters. The Morgan fingerprint density at radius 3 is 2.31 bits per heavy atom. The third-order valence-corrected chi connectivity index (χ3v) is 9.21. The zero-order valence-electron chi connectivity index (χ0n) is 21.9. The summed E-state index contributed by atoms with van der Waals surface area (Å²) in [5.74, 6) is -1.44. The van der Waals surface area contributed by atoms with Crippen molar-refractivity contribution in [2.75, 3.05) is 24.6 Å². The normalized spacial score (nSPS) is 29.7. The fourth-order valence-corrected chi connectivity index (χ4v) is 7.78. The van der Waals surface area contributed by atoms with E-state index in [1.807, 2.05) is 84.6 Å². The van der Waals surface area contributed by atoms with Crippen LogP contribution in [0.2, 0.25) is 0 Å². The van der Waals surface area contributed by atoms with Gasteiger partial charge in [-0.05, 0) is 43.5 Å². The molecule has 0 radical (unpaired) electrons. The summed E-state index contributed by atoms with van der Waals surface area (Å²) in [6.45, 7) is 3.30. The predicted octanol–water partition coefficient (Wildman–Crippen LogP) is 4.85. The molecule has 1 spiro atoms. The number of carbonyl (C=O) groups excluding carboxylic acids is 3. The Kier molecular flexibility index (Phi) is 5.60. The van der Waals surface area contributed by atoms with Crippen molar-refractivity contribution in [3.63, 3.8) is 0 Å². The first-order valence-electron chi connectivity index (χ1n) is 13.9. The Morgan fingerprint density at radius 1 is 0.923 bits per heavy atom. The number of hydrogen-bond acceptors (Lipinski definition) is 5. The van der Waals surface area contributed by atoms with Crippen LogP contribution in [0.3, 0.4) is 0 Å². The molecule has 4 heterocycles. The molecule has 198 valence electrons. The van der Waals surface area contributed by atoms with E-state index in [-0.39, 0.29) is 30.4 Å². The van der Waals surface area contributed by atoms with Crippen LogP contribution in [0.25, 0.3) is 0 Å². The van der Waals surface area contributed by atoms with Gasteiger partial charge in [-0.3, -0.25) is 14.5 Å². The van der Waals surface area contributed by atoms with Gasteiger partial charge in [-0.2, -0.15) is 0 Å². The van der Waals surface area contributed by atoms with E-state index in [1.165, 1.54) is 4.90 Å². The molecule has 39 heavy (non-hydrogen) atoms. The minimum Gasteiger partial charge on any atom is -0.446 e. The van der Waals surface area contributed by atoms with E-state index in [0.717, 1.165) is 41.8 Å². The van der Waals surface area contributed by atoms with Crippen LogP contribution in [-0.2, 0) is 19.9 Å². The summed E-state index contributed by atoms with van der Waals surface area (Å²) in [6.07, 6.45) is 1.20. The number of nitrogens with zero attached hydrogens (tertiary/aromatic N) is 3. The molecule has 0 N–H and O–H groups in total. The Morgan fingerprint density at radius 2 is 1.59 bits per heavy atom. The lowest BCUT2D eigenvalue weighted by Crippen LogP contribution is -2.57. The molecule has 7 rings (SSSR count). The number of cyclic esters (lactones) is 1. The summed E-state index contributed by atoms with van der Waals surface area (Å²) in [7, 11) is 0. The van der Waals surface area contributed by atoms with Gasteiger partial charge in [0.05, 0.1) is 5.92 Å². The van der Waals surface area contributed by atoms with Crippen molar-refractivity contribution in [1.82, 2.24) is 9.80 Å². The molecule has 0 aliphatic carbocycles. The van der Waals surface area contributed by atoms with Gasteiger partial charge in [0.25, 0.3) is 5.91 Å². The predicted molar refractivity (Wildman–Crippen MR) is 146 cm³/mol. The quantitative estimate of drug-likeness (QED) is 0.491. The molecule has 3 amide bonds. The highest BCUT2D eigenvalue weighted by atomic mass is 16.6. The van der Waals surface area contributed by atoms with Crippen LogP contribution in [0.4, 0.5) is 10.5 Å². The molecule has 5 atom stereocenters. The van der Waals surface area contributed by atoms with E-state index in [1.54, 1.807) is 0 Å². The second-order valence-corrected chi connectivity index (χ2v) is 10.9. The Labute approximate surface area is 228 Å². The minimum atomic E-state index is -1.19. The van der Waals surface area contributed by atoms with Gasteiger partial charge in [0.15, 0.2) is 0 Å². The second kappa shape index (κ2) is 9.06. The molecule has 3 fully saturated rings. The number of rotatable bonds is 4. The van der Waals surface area contributed by atoms with Crippen molar-refractivity contribution in [1.29, 1.82) is 0 Å². The molecular formula is C32H31N3O4. The molecular weight excluding hydrogens is 490 g/mol. The number of fused-ring (bicyclic) bond motifs is 4. The average Bonchev–Trinajstić information content (AvgIpc) is 3.72. The lowest BCUT2D eigenvalue weighted by molar-refractivity contribution is -0.144. The molecule has 3 aromatic carbocycles. The molecule has 7 nitrogen and oxygen atoms in total. The van der Waals surface area contributed by atoms with Crippen LogP contribution in [0.15, 0.2) is 84.9 Å². The lowest BCUT2D eigenvalue weighted by atomic mass is 9.71. The summed E-state index contributed by atoms with van der Waals surface area (Å²) in [5, 5.41) is 0. The number of likely N-dealkylation sites (N-methyl/N-ethyl adjacent to an activating group) is 1. The third-order valence-electron chi connectivity index (χ3n) is 9.21. The van der Waals surface area contributed by atoms with Gasteiger partial charge in [-0.15, -0.1) is 0 Å². The molecule has 0 aromatic heterocycles. The zero-order chi connectivity index (χ0) is 26.7. The molecule has 4 aliphatic rings. The maximum absolute atomic E-state index is 15.0. The fourth-order valence-electron chi connectivity index (χ4n) is 7.78. The largest absolute Gasteiger partial charge is 0.446 e. The van der Waals surface area contributed by atoms with E-state index >= 15 is 0 Å². The van der Waals surface area contributed by atoms with Crippen LogP contribution in [0, 0.1) is 5.92 Å². The number of imide groups is 1. The number of para-hydroxylation sites is 1. The SMILES string of the molecule is CCN1C(=O)[C@]2(c3ccccc31)[C@@H](C(=O)N1C(=O)OC[C@@H]1c1ccccc1)[C@H](c1ccccc1)[C@H]1CCCN12. The minimum absolute atomic E-state index is 0.00367. The monoisotopic (exact) mass is 521 g/mol. The Bertz CT molecular complexity index is 1440. The average molecular weight is 522 g/mol. The fraction of sp³-hybridized carbons (Fsp3) is 0.344. The van der Waals surface area contributed by atoms with E-state index in [4.69, 9.17) is 4.74 Å². The molecule has 3 saturated heterocycles. The van der Waals surface area contributed by atoms with Gasteiger partial charge in [-0.1, -0.05) is 78.9 Å². The number of carbonyl (C=O) groups is 3. The summed E-state index contributed by atoms with van der Waals surface area (Å²) in [4.78, 5) is 48.4. The third kappa shape index (κ3) is 3.23. The maximum Gasteiger partial charge on any atom is 0.417 e. The highest BCUT2D eigenvalue weighted by Gasteiger charge is 2.71. The van der Waals surface area contributed by atoms with Gasteiger partial charge in [0, 0.05) is 29.8 Å². The molecule has 0 saturated carbocycles. The van der Waals surface area contributed by atoms with Crippen molar-refractivity contribution in [2.45, 2.75) is 43.3 Å². The molecule has 7 heteroatoms. The van der Waals surface area contributed by atoms with Crippen molar-refractivity contribution in [3.8, 4) is 0 Å². The highest BCUT2D eigenvalue weighted by Crippen LogP contribution is 2.62. The molecule has 0 bridgehead atoms. The van der Waals surface area contributed by atoms with Gasteiger partial charge in [-0.25, -0.2) is 9.69 Å². The van der Waals surface area contributed by atoms with E-state index < -0.39 is 23.6 Å². The number of hydrogen-bond donors (Lipinski definition) is 0. The second-order valence-electron chi connectivity index (χ2n) is 10.9. The number of benzene rings is 3. The van der Waals surface area contributed by atoms with E-state index in [0.29, 0.717) is 6.54 Å². The first-order chi connectivity index (χ1) is 19.1. The highest BCUT2D eigenvalue weighted by molar-refractivity contribution is 6.12. The standard InChI is InChI=1S/C32H31N3O4/c1-2-33-24-17-10-9-16-23(24)32(30(33)37)28(27(22-14-7-4-8-15-22)25-18-11-19-34(25)32)29(36)35-26(20-39-31(35)38)21-12-5-3-6-13-21/h3-10,12-17,25-28H,2,11,18-20H2,1H3/t25-,26-,27-,28-,32+/m1/s1. The van der Waals surface area contributed by atoms with Crippen molar-refractivity contribution in [3.05, 3.63) is 102 Å². The number of ether oxygens (including phenoxy) is 1. The van der Waals surface area contributed by atoms with E-state index in [2.05, 4.69) is 17.0 Å². The number of amides is 3. The topological polar surface area (TPSA) is 70.2 Å².